The maximum absolute atomic E-state index is 12.4. The highest BCUT2D eigenvalue weighted by atomic mass is 16.2. The third-order valence-electron chi connectivity index (χ3n) is 3.98. The Morgan fingerprint density at radius 2 is 1.84 bits per heavy atom. The van der Waals surface area contributed by atoms with E-state index in [1.54, 1.807) is 6.20 Å². The second kappa shape index (κ2) is 3.29. The van der Waals surface area contributed by atoms with Crippen LogP contribution in [0.15, 0.2) is 42.6 Å². The number of hydrogen-bond acceptors (Lipinski definition) is 3. The molecule has 2 aromatic rings. The lowest BCUT2D eigenvalue weighted by Crippen LogP contribution is -2.34. The smallest absolute Gasteiger partial charge is 0.242 e. The number of imide groups is 1. The highest BCUT2D eigenvalue weighted by molar-refractivity contribution is 6.14. The first-order valence-electron chi connectivity index (χ1n) is 6.13. The molecule has 0 radical (unpaired) electrons. The van der Waals surface area contributed by atoms with Crippen LogP contribution < -0.4 is 5.32 Å². The van der Waals surface area contributed by atoms with Gasteiger partial charge >= 0.3 is 0 Å². The Morgan fingerprint density at radius 3 is 2.63 bits per heavy atom. The molecule has 1 unspecified atom stereocenters. The topological polar surface area (TPSA) is 59.1 Å². The van der Waals surface area contributed by atoms with Crippen molar-refractivity contribution in [1.29, 1.82) is 0 Å². The summed E-state index contributed by atoms with van der Waals surface area (Å²) >= 11 is 0. The van der Waals surface area contributed by atoms with Crippen molar-refractivity contribution in [3.8, 4) is 11.3 Å². The highest BCUT2D eigenvalue weighted by Crippen LogP contribution is 2.51. The summed E-state index contributed by atoms with van der Waals surface area (Å²) in [4.78, 5) is 28.4. The number of nitrogens with one attached hydrogen (secondary N) is 1. The fraction of sp³-hybridized carbons (Fsp3) is 0.133. The van der Waals surface area contributed by atoms with E-state index in [2.05, 4.69) is 10.3 Å². The number of carbonyl (C=O) groups is 2. The lowest BCUT2D eigenvalue weighted by Gasteiger charge is -2.21. The molecular weight excluding hydrogens is 240 g/mol. The van der Waals surface area contributed by atoms with Crippen molar-refractivity contribution in [1.82, 2.24) is 10.3 Å². The van der Waals surface area contributed by atoms with E-state index in [-0.39, 0.29) is 18.2 Å². The molecule has 2 heterocycles. The molecule has 4 rings (SSSR count). The second-order valence-electron chi connectivity index (χ2n) is 4.90. The first-order chi connectivity index (χ1) is 9.23. The number of nitrogens with zero attached hydrogens (tertiary/aromatic N) is 1. The molecule has 2 aliphatic rings. The Kier molecular flexibility index (Phi) is 1.81. The standard InChI is InChI=1S/C15H10N2O2/c18-12-8-15(14(19)17-12)10-5-2-1-4-9(10)13-11(15)6-3-7-16-13/h1-7H,8H2,(H,17,18,19). The van der Waals surface area contributed by atoms with E-state index >= 15 is 0 Å². The minimum absolute atomic E-state index is 0.168. The normalized spacial score (nSPS) is 23.4. The maximum Gasteiger partial charge on any atom is 0.242 e. The van der Waals surface area contributed by atoms with Gasteiger partial charge in [0.1, 0.15) is 5.41 Å². The van der Waals surface area contributed by atoms with E-state index in [0.717, 1.165) is 22.4 Å². The monoisotopic (exact) mass is 250 g/mol. The van der Waals surface area contributed by atoms with Crippen LogP contribution in [0.2, 0.25) is 0 Å². The van der Waals surface area contributed by atoms with Crippen molar-refractivity contribution in [2.75, 3.05) is 0 Å². The Bertz CT molecular complexity index is 691. The van der Waals surface area contributed by atoms with Crippen LogP contribution in [0.25, 0.3) is 11.3 Å². The lowest BCUT2D eigenvalue weighted by atomic mass is 9.77. The lowest BCUT2D eigenvalue weighted by molar-refractivity contribution is -0.125. The van der Waals surface area contributed by atoms with Gasteiger partial charge < -0.3 is 0 Å². The molecule has 1 N–H and O–H groups in total. The summed E-state index contributed by atoms with van der Waals surface area (Å²) < 4.78 is 0. The Hall–Kier alpha value is -2.49. The highest BCUT2D eigenvalue weighted by Gasteiger charge is 2.55. The van der Waals surface area contributed by atoms with Crippen molar-refractivity contribution in [3.05, 3.63) is 53.7 Å². The van der Waals surface area contributed by atoms with Crippen LogP contribution in [-0.4, -0.2) is 16.8 Å². The minimum atomic E-state index is -0.878. The molecule has 1 aliphatic carbocycles. The summed E-state index contributed by atoms with van der Waals surface area (Å²) in [6.07, 6.45) is 1.88. The van der Waals surface area contributed by atoms with E-state index in [1.807, 2.05) is 36.4 Å². The number of pyridine rings is 1. The van der Waals surface area contributed by atoms with Gasteiger partial charge in [0, 0.05) is 18.2 Å². The van der Waals surface area contributed by atoms with Crippen LogP contribution in [0.3, 0.4) is 0 Å². The third kappa shape index (κ3) is 1.11. The summed E-state index contributed by atoms with van der Waals surface area (Å²) in [7, 11) is 0. The van der Waals surface area contributed by atoms with E-state index < -0.39 is 5.41 Å². The van der Waals surface area contributed by atoms with Gasteiger partial charge in [0.15, 0.2) is 0 Å². The van der Waals surface area contributed by atoms with Gasteiger partial charge in [-0.1, -0.05) is 30.3 Å². The van der Waals surface area contributed by atoms with Gasteiger partial charge in [0.2, 0.25) is 11.8 Å². The largest absolute Gasteiger partial charge is 0.295 e. The number of carbonyl (C=O) groups excluding carboxylic acids is 2. The van der Waals surface area contributed by atoms with Crippen LogP contribution in [0.5, 0.6) is 0 Å². The molecule has 1 saturated heterocycles. The number of aromatic nitrogens is 1. The quantitative estimate of drug-likeness (QED) is 0.719. The van der Waals surface area contributed by atoms with Crippen LogP contribution in [-0.2, 0) is 15.0 Å². The summed E-state index contributed by atoms with van der Waals surface area (Å²) in [6, 6.07) is 11.4. The first kappa shape index (κ1) is 10.4. The Morgan fingerprint density at radius 1 is 1.05 bits per heavy atom. The average Bonchev–Trinajstić information content (AvgIpc) is 2.89. The SMILES string of the molecule is O=C1CC2(C(=O)N1)c1ccccc1-c1ncccc12. The summed E-state index contributed by atoms with van der Waals surface area (Å²) in [6.45, 7) is 0. The fourth-order valence-corrected chi connectivity index (χ4v) is 3.20. The minimum Gasteiger partial charge on any atom is -0.295 e. The molecule has 0 bridgehead atoms. The van der Waals surface area contributed by atoms with E-state index in [9.17, 15) is 9.59 Å². The molecule has 92 valence electrons. The van der Waals surface area contributed by atoms with Crippen molar-refractivity contribution >= 4 is 11.8 Å². The fourth-order valence-electron chi connectivity index (χ4n) is 3.20. The predicted octanol–water partition coefficient (Wildman–Crippen LogP) is 1.39. The van der Waals surface area contributed by atoms with Gasteiger partial charge in [-0.2, -0.15) is 0 Å². The van der Waals surface area contributed by atoms with Crippen LogP contribution in [0.4, 0.5) is 0 Å². The van der Waals surface area contributed by atoms with E-state index in [1.165, 1.54) is 0 Å². The average molecular weight is 250 g/mol. The van der Waals surface area contributed by atoms with Crippen molar-refractivity contribution in [2.45, 2.75) is 11.8 Å². The number of benzene rings is 1. The summed E-state index contributed by atoms with van der Waals surface area (Å²) in [5, 5.41) is 2.43. The zero-order valence-corrected chi connectivity index (χ0v) is 10.0. The number of hydrogen-bond donors (Lipinski definition) is 1. The first-order valence-corrected chi connectivity index (χ1v) is 6.13. The maximum atomic E-state index is 12.4. The molecule has 1 aliphatic heterocycles. The molecule has 1 spiro atoms. The molecule has 1 aromatic heterocycles. The van der Waals surface area contributed by atoms with Gasteiger partial charge in [0.25, 0.3) is 0 Å². The summed E-state index contributed by atoms with van der Waals surface area (Å²) in [5.74, 6) is -0.465. The molecular formula is C15H10N2O2. The zero-order valence-electron chi connectivity index (χ0n) is 10.0. The number of amides is 2. The third-order valence-corrected chi connectivity index (χ3v) is 3.98. The molecule has 1 fully saturated rings. The van der Waals surface area contributed by atoms with Crippen molar-refractivity contribution in [3.63, 3.8) is 0 Å². The van der Waals surface area contributed by atoms with Crippen LogP contribution >= 0.6 is 0 Å². The molecule has 2 amide bonds. The van der Waals surface area contributed by atoms with E-state index in [4.69, 9.17) is 0 Å². The summed E-state index contributed by atoms with van der Waals surface area (Å²) in [5.41, 5.74) is 2.59. The van der Waals surface area contributed by atoms with Gasteiger partial charge in [-0.3, -0.25) is 19.9 Å². The molecule has 1 atom stereocenters. The van der Waals surface area contributed by atoms with Crippen LogP contribution in [0, 0.1) is 0 Å². The van der Waals surface area contributed by atoms with E-state index in [0.29, 0.717) is 0 Å². The molecule has 1 aromatic carbocycles. The van der Waals surface area contributed by atoms with Gasteiger partial charge in [-0.25, -0.2) is 0 Å². The number of fused-ring (bicyclic) bond motifs is 5. The van der Waals surface area contributed by atoms with Crippen molar-refractivity contribution in [2.24, 2.45) is 0 Å². The Balaban J connectivity index is 2.13. The van der Waals surface area contributed by atoms with Crippen molar-refractivity contribution < 1.29 is 9.59 Å². The van der Waals surface area contributed by atoms with Gasteiger partial charge in [-0.05, 0) is 17.2 Å². The second-order valence-corrected chi connectivity index (χ2v) is 4.90. The van der Waals surface area contributed by atoms with Gasteiger partial charge in [0.05, 0.1) is 5.69 Å². The molecule has 4 nitrogen and oxygen atoms in total. The molecule has 4 heteroatoms. The molecule has 19 heavy (non-hydrogen) atoms. The molecule has 0 saturated carbocycles. The Labute approximate surface area is 109 Å². The zero-order chi connectivity index (χ0) is 13.0. The predicted molar refractivity (Wildman–Crippen MR) is 68.2 cm³/mol. The van der Waals surface area contributed by atoms with Crippen LogP contribution in [0.1, 0.15) is 17.5 Å². The van der Waals surface area contributed by atoms with Gasteiger partial charge in [-0.15, -0.1) is 0 Å². The number of rotatable bonds is 0.